The quantitative estimate of drug-likeness (QED) is 0.841. The molecule has 0 radical (unpaired) electrons. The monoisotopic (exact) mass is 319 g/mol. The fourth-order valence-corrected chi connectivity index (χ4v) is 3.25. The van der Waals surface area contributed by atoms with E-state index < -0.39 is 0 Å². The van der Waals surface area contributed by atoms with Gasteiger partial charge in [0.1, 0.15) is 5.75 Å². The first kappa shape index (κ1) is 17.8. The standard InChI is InChI=1S/C18H29N3O2/c1-21(2)17(13-6-5-9-16(11-13)23-3)12-20-18(22)14-7-4-8-15(19)10-14/h5-6,9,11,14-15,17H,4,7-8,10,12,19H2,1-3H3,(H,20,22). The van der Waals surface area contributed by atoms with Crippen LogP contribution in [0.3, 0.4) is 0 Å². The maximum absolute atomic E-state index is 12.4. The Kier molecular flexibility index (Phi) is 6.42. The third kappa shape index (κ3) is 4.94. The molecule has 1 aliphatic rings. The highest BCUT2D eigenvalue weighted by molar-refractivity contribution is 5.78. The van der Waals surface area contributed by atoms with Crippen LogP contribution in [0.5, 0.6) is 5.75 Å². The summed E-state index contributed by atoms with van der Waals surface area (Å²) in [5, 5.41) is 3.11. The number of likely N-dealkylation sites (N-methyl/N-ethyl adjacent to an activating group) is 1. The van der Waals surface area contributed by atoms with Crippen LogP contribution in [0.15, 0.2) is 24.3 Å². The molecular formula is C18H29N3O2. The van der Waals surface area contributed by atoms with Crippen LogP contribution in [-0.4, -0.2) is 44.6 Å². The van der Waals surface area contributed by atoms with E-state index in [9.17, 15) is 4.79 Å². The summed E-state index contributed by atoms with van der Waals surface area (Å²) in [6.07, 6.45) is 3.84. The van der Waals surface area contributed by atoms with Gasteiger partial charge in [0.2, 0.25) is 5.91 Å². The minimum Gasteiger partial charge on any atom is -0.497 e. The molecular weight excluding hydrogens is 290 g/mol. The van der Waals surface area contributed by atoms with Crippen LogP contribution in [0, 0.1) is 5.92 Å². The van der Waals surface area contributed by atoms with E-state index in [1.165, 1.54) is 0 Å². The molecule has 1 aromatic rings. The van der Waals surface area contributed by atoms with Gasteiger partial charge in [0.15, 0.2) is 0 Å². The summed E-state index contributed by atoms with van der Waals surface area (Å²) in [5.74, 6) is 1.03. The maximum atomic E-state index is 12.4. The molecule has 23 heavy (non-hydrogen) atoms. The zero-order valence-corrected chi connectivity index (χ0v) is 14.4. The van der Waals surface area contributed by atoms with Crippen molar-refractivity contribution in [2.24, 2.45) is 11.7 Å². The topological polar surface area (TPSA) is 67.6 Å². The first-order valence-corrected chi connectivity index (χ1v) is 8.35. The molecule has 1 saturated carbocycles. The number of methoxy groups -OCH3 is 1. The Hall–Kier alpha value is -1.59. The Morgan fingerprint density at radius 2 is 2.22 bits per heavy atom. The van der Waals surface area contributed by atoms with Gasteiger partial charge in [-0.1, -0.05) is 18.6 Å². The van der Waals surface area contributed by atoms with Crippen LogP contribution in [0.2, 0.25) is 0 Å². The van der Waals surface area contributed by atoms with Crippen LogP contribution in [0.1, 0.15) is 37.3 Å². The van der Waals surface area contributed by atoms with Crippen LogP contribution in [-0.2, 0) is 4.79 Å². The Morgan fingerprint density at radius 3 is 2.87 bits per heavy atom. The van der Waals surface area contributed by atoms with Gasteiger partial charge in [-0.25, -0.2) is 0 Å². The van der Waals surface area contributed by atoms with E-state index in [1.54, 1.807) is 7.11 Å². The Balaban J connectivity index is 1.98. The second-order valence-electron chi connectivity index (χ2n) is 6.62. The van der Waals surface area contributed by atoms with Crippen molar-refractivity contribution in [3.63, 3.8) is 0 Å². The number of carbonyl (C=O) groups excluding carboxylic acids is 1. The predicted octanol–water partition coefficient (Wildman–Crippen LogP) is 1.93. The number of hydrogen-bond acceptors (Lipinski definition) is 4. The molecule has 0 aliphatic heterocycles. The van der Waals surface area contributed by atoms with E-state index in [0.29, 0.717) is 6.54 Å². The molecule has 0 bridgehead atoms. The number of rotatable bonds is 6. The highest BCUT2D eigenvalue weighted by atomic mass is 16.5. The second kappa shape index (κ2) is 8.31. The molecule has 3 atom stereocenters. The predicted molar refractivity (Wildman–Crippen MR) is 92.4 cm³/mol. The van der Waals surface area contributed by atoms with Gasteiger partial charge in [0.05, 0.1) is 13.2 Å². The van der Waals surface area contributed by atoms with Crippen molar-refractivity contribution < 1.29 is 9.53 Å². The van der Waals surface area contributed by atoms with E-state index in [-0.39, 0.29) is 23.9 Å². The minimum atomic E-state index is 0.0619. The third-order valence-electron chi connectivity index (χ3n) is 4.66. The molecule has 1 fully saturated rings. The lowest BCUT2D eigenvalue weighted by Gasteiger charge is -2.29. The molecule has 0 aromatic heterocycles. The summed E-state index contributed by atoms with van der Waals surface area (Å²) in [7, 11) is 5.71. The molecule has 5 heteroatoms. The van der Waals surface area contributed by atoms with Gasteiger partial charge in [-0.3, -0.25) is 4.79 Å². The molecule has 5 nitrogen and oxygen atoms in total. The van der Waals surface area contributed by atoms with Gasteiger partial charge in [-0.15, -0.1) is 0 Å². The largest absolute Gasteiger partial charge is 0.497 e. The lowest BCUT2D eigenvalue weighted by Crippen LogP contribution is -2.41. The fraction of sp³-hybridized carbons (Fsp3) is 0.611. The van der Waals surface area contributed by atoms with Crippen molar-refractivity contribution in [3.05, 3.63) is 29.8 Å². The highest BCUT2D eigenvalue weighted by Gasteiger charge is 2.26. The highest BCUT2D eigenvalue weighted by Crippen LogP contribution is 2.25. The van der Waals surface area contributed by atoms with Crippen molar-refractivity contribution in [2.45, 2.75) is 37.8 Å². The third-order valence-corrected chi connectivity index (χ3v) is 4.66. The zero-order valence-electron chi connectivity index (χ0n) is 14.4. The fourth-order valence-electron chi connectivity index (χ4n) is 3.25. The number of ether oxygens (including phenoxy) is 1. The minimum absolute atomic E-state index is 0.0619. The molecule has 128 valence electrons. The number of hydrogen-bond donors (Lipinski definition) is 2. The molecule has 1 amide bonds. The summed E-state index contributed by atoms with van der Waals surface area (Å²) in [4.78, 5) is 14.5. The Labute approximate surface area is 139 Å². The van der Waals surface area contributed by atoms with Gasteiger partial charge in [0, 0.05) is 18.5 Å². The molecule has 0 saturated heterocycles. The van der Waals surface area contributed by atoms with E-state index in [2.05, 4.69) is 16.3 Å². The summed E-state index contributed by atoms with van der Waals surface area (Å²) in [6.45, 7) is 0.588. The Morgan fingerprint density at radius 1 is 1.43 bits per heavy atom. The molecule has 0 heterocycles. The van der Waals surface area contributed by atoms with Crippen LogP contribution in [0.25, 0.3) is 0 Å². The van der Waals surface area contributed by atoms with Crippen molar-refractivity contribution in [1.82, 2.24) is 10.2 Å². The van der Waals surface area contributed by atoms with Gasteiger partial charge in [-0.05, 0) is 51.1 Å². The van der Waals surface area contributed by atoms with Crippen LogP contribution < -0.4 is 15.8 Å². The first-order chi connectivity index (χ1) is 11.0. The smallest absolute Gasteiger partial charge is 0.223 e. The van der Waals surface area contributed by atoms with Crippen molar-refractivity contribution in [1.29, 1.82) is 0 Å². The summed E-state index contributed by atoms with van der Waals surface area (Å²) < 4.78 is 5.30. The molecule has 3 unspecified atom stereocenters. The summed E-state index contributed by atoms with van der Waals surface area (Å²) in [6, 6.07) is 8.28. The molecule has 1 aromatic carbocycles. The molecule has 1 aliphatic carbocycles. The lowest BCUT2D eigenvalue weighted by atomic mass is 9.85. The van der Waals surface area contributed by atoms with Crippen LogP contribution >= 0.6 is 0 Å². The SMILES string of the molecule is COc1cccc(C(CNC(=O)C2CCCC(N)C2)N(C)C)c1. The Bertz CT molecular complexity index is 519. The van der Waals surface area contributed by atoms with Crippen molar-refractivity contribution in [3.8, 4) is 5.75 Å². The van der Waals surface area contributed by atoms with Gasteiger partial charge in [-0.2, -0.15) is 0 Å². The summed E-state index contributed by atoms with van der Waals surface area (Å²) >= 11 is 0. The molecule has 2 rings (SSSR count). The zero-order chi connectivity index (χ0) is 16.8. The average Bonchev–Trinajstić information content (AvgIpc) is 2.54. The number of nitrogens with two attached hydrogens (primary N) is 1. The number of nitrogens with zero attached hydrogens (tertiary/aromatic N) is 1. The first-order valence-electron chi connectivity index (χ1n) is 8.35. The molecule has 3 N–H and O–H groups in total. The van der Waals surface area contributed by atoms with E-state index in [1.807, 2.05) is 32.3 Å². The number of benzene rings is 1. The normalized spacial score (nSPS) is 22.7. The van der Waals surface area contributed by atoms with Crippen molar-refractivity contribution in [2.75, 3.05) is 27.7 Å². The lowest BCUT2D eigenvalue weighted by molar-refractivity contribution is -0.126. The maximum Gasteiger partial charge on any atom is 0.223 e. The van der Waals surface area contributed by atoms with Crippen molar-refractivity contribution >= 4 is 5.91 Å². The number of amides is 1. The van der Waals surface area contributed by atoms with E-state index in [0.717, 1.165) is 37.0 Å². The number of carbonyl (C=O) groups is 1. The van der Waals surface area contributed by atoms with Gasteiger partial charge < -0.3 is 20.7 Å². The van der Waals surface area contributed by atoms with Gasteiger partial charge >= 0.3 is 0 Å². The van der Waals surface area contributed by atoms with Gasteiger partial charge in [0.25, 0.3) is 0 Å². The van der Waals surface area contributed by atoms with Crippen LogP contribution in [0.4, 0.5) is 0 Å². The second-order valence-corrected chi connectivity index (χ2v) is 6.62. The van der Waals surface area contributed by atoms with E-state index in [4.69, 9.17) is 10.5 Å². The molecule has 0 spiro atoms. The average molecular weight is 319 g/mol. The summed E-state index contributed by atoms with van der Waals surface area (Å²) in [5.41, 5.74) is 7.12. The van der Waals surface area contributed by atoms with E-state index >= 15 is 0 Å². The number of nitrogens with one attached hydrogen (secondary N) is 1.